The molecule has 0 radical (unpaired) electrons. The Hall–Kier alpha value is -3.74. The standard InChI is InChI=1S/C25H27NO6/c1-5-31-25(28)20(13-17-9-7-6-8-10-17)26-24(27)19-15-22(32-16(19)2)18-11-12-21(29-3)23(14-18)30-4/h6-12,14-15,20H,5,13H2,1-4H3,(H,26,27). The normalized spacial score (nSPS) is 11.5. The lowest BCUT2D eigenvalue weighted by Crippen LogP contribution is -2.43. The number of aryl methyl sites for hydroxylation is 1. The highest BCUT2D eigenvalue weighted by Crippen LogP contribution is 2.34. The molecule has 1 atom stereocenters. The molecule has 0 aliphatic heterocycles. The smallest absolute Gasteiger partial charge is 0.328 e. The Morgan fingerprint density at radius 3 is 2.38 bits per heavy atom. The first-order valence-electron chi connectivity index (χ1n) is 10.3. The van der Waals surface area contributed by atoms with E-state index in [0.717, 1.165) is 11.1 Å². The molecule has 1 amide bonds. The van der Waals surface area contributed by atoms with Crippen LogP contribution in [0.4, 0.5) is 0 Å². The minimum atomic E-state index is -0.816. The molecule has 3 aromatic rings. The van der Waals surface area contributed by atoms with Gasteiger partial charge in [0.15, 0.2) is 11.5 Å². The van der Waals surface area contributed by atoms with Crippen molar-refractivity contribution >= 4 is 11.9 Å². The summed E-state index contributed by atoms with van der Waals surface area (Å²) < 4.78 is 21.6. The van der Waals surface area contributed by atoms with E-state index in [1.54, 1.807) is 46.3 Å². The molecular formula is C25H27NO6. The number of esters is 1. The zero-order valence-corrected chi connectivity index (χ0v) is 18.6. The molecule has 2 aromatic carbocycles. The summed E-state index contributed by atoms with van der Waals surface area (Å²) >= 11 is 0. The van der Waals surface area contributed by atoms with Crippen LogP contribution >= 0.6 is 0 Å². The fourth-order valence-electron chi connectivity index (χ4n) is 3.36. The molecule has 7 heteroatoms. The number of amides is 1. The second kappa shape index (κ2) is 10.5. The molecule has 0 aliphatic carbocycles. The van der Waals surface area contributed by atoms with E-state index in [-0.39, 0.29) is 6.61 Å². The fraction of sp³-hybridized carbons (Fsp3) is 0.280. The first-order chi connectivity index (χ1) is 15.5. The Balaban J connectivity index is 1.83. The van der Waals surface area contributed by atoms with Gasteiger partial charge in [-0.3, -0.25) is 4.79 Å². The number of carbonyl (C=O) groups excluding carboxylic acids is 2. The van der Waals surface area contributed by atoms with Crippen molar-refractivity contribution < 1.29 is 28.2 Å². The predicted molar refractivity (Wildman–Crippen MR) is 120 cm³/mol. The average Bonchev–Trinajstić information content (AvgIpc) is 3.20. The van der Waals surface area contributed by atoms with Crippen LogP contribution in [0.2, 0.25) is 0 Å². The summed E-state index contributed by atoms with van der Waals surface area (Å²) in [7, 11) is 3.11. The Labute approximate surface area is 187 Å². The van der Waals surface area contributed by atoms with E-state index in [2.05, 4.69) is 5.32 Å². The lowest BCUT2D eigenvalue weighted by atomic mass is 10.1. The molecule has 7 nitrogen and oxygen atoms in total. The van der Waals surface area contributed by atoms with Gasteiger partial charge in [-0.25, -0.2) is 4.79 Å². The van der Waals surface area contributed by atoms with Crippen molar-refractivity contribution in [3.8, 4) is 22.8 Å². The van der Waals surface area contributed by atoms with Crippen molar-refractivity contribution in [2.75, 3.05) is 20.8 Å². The number of nitrogens with one attached hydrogen (secondary N) is 1. The number of rotatable bonds is 9. The Morgan fingerprint density at radius 1 is 1.00 bits per heavy atom. The van der Waals surface area contributed by atoms with Gasteiger partial charge in [0, 0.05) is 12.0 Å². The highest BCUT2D eigenvalue weighted by Gasteiger charge is 2.25. The Kier molecular flexibility index (Phi) is 7.54. The largest absolute Gasteiger partial charge is 0.493 e. The third-order valence-electron chi connectivity index (χ3n) is 4.99. The van der Waals surface area contributed by atoms with E-state index in [1.165, 1.54) is 0 Å². The lowest BCUT2D eigenvalue weighted by molar-refractivity contribution is -0.145. The molecule has 1 N–H and O–H groups in total. The van der Waals surface area contributed by atoms with E-state index in [9.17, 15) is 9.59 Å². The Morgan fingerprint density at radius 2 is 1.72 bits per heavy atom. The molecule has 0 spiro atoms. The van der Waals surface area contributed by atoms with Gasteiger partial charge in [0.2, 0.25) is 0 Å². The van der Waals surface area contributed by atoms with Gasteiger partial charge >= 0.3 is 5.97 Å². The SMILES string of the molecule is CCOC(=O)C(Cc1ccccc1)NC(=O)c1cc(-c2ccc(OC)c(OC)c2)oc1C. The first kappa shape index (κ1) is 22.9. The minimum Gasteiger partial charge on any atom is -0.493 e. The molecule has 1 unspecified atom stereocenters. The summed E-state index contributed by atoms with van der Waals surface area (Å²) in [5.41, 5.74) is 1.99. The van der Waals surface area contributed by atoms with E-state index in [0.29, 0.717) is 35.0 Å². The van der Waals surface area contributed by atoms with E-state index < -0.39 is 17.9 Å². The maximum absolute atomic E-state index is 13.0. The summed E-state index contributed by atoms with van der Waals surface area (Å²) in [4.78, 5) is 25.5. The minimum absolute atomic E-state index is 0.230. The van der Waals surface area contributed by atoms with Gasteiger partial charge in [-0.2, -0.15) is 0 Å². The quantitative estimate of drug-likeness (QED) is 0.506. The molecule has 0 bridgehead atoms. The van der Waals surface area contributed by atoms with Crippen molar-refractivity contribution in [1.29, 1.82) is 0 Å². The van der Waals surface area contributed by atoms with E-state index in [1.807, 2.05) is 36.4 Å². The topological polar surface area (TPSA) is 87.0 Å². The highest BCUT2D eigenvalue weighted by molar-refractivity contribution is 5.98. The zero-order chi connectivity index (χ0) is 23.1. The van der Waals surface area contributed by atoms with Gasteiger partial charge in [-0.05, 0) is 43.7 Å². The van der Waals surface area contributed by atoms with E-state index >= 15 is 0 Å². The average molecular weight is 437 g/mol. The molecule has 1 aromatic heterocycles. The van der Waals surface area contributed by atoms with Crippen LogP contribution in [0.1, 0.15) is 28.6 Å². The molecule has 3 rings (SSSR count). The third kappa shape index (κ3) is 5.29. The van der Waals surface area contributed by atoms with Crippen molar-refractivity contribution in [1.82, 2.24) is 5.32 Å². The van der Waals surface area contributed by atoms with E-state index in [4.69, 9.17) is 18.6 Å². The summed E-state index contributed by atoms with van der Waals surface area (Å²) in [5.74, 6) is 1.20. The molecule has 168 valence electrons. The molecule has 0 aliphatic rings. The summed E-state index contributed by atoms with van der Waals surface area (Å²) in [6, 6.07) is 15.7. The van der Waals surface area contributed by atoms with Crippen LogP contribution in [0.25, 0.3) is 11.3 Å². The molecular weight excluding hydrogens is 410 g/mol. The van der Waals surface area contributed by atoms with Crippen LogP contribution in [-0.4, -0.2) is 38.7 Å². The summed E-state index contributed by atoms with van der Waals surface area (Å²) in [6.45, 7) is 3.67. The van der Waals surface area contributed by atoms with Crippen LogP contribution in [-0.2, 0) is 16.0 Å². The van der Waals surface area contributed by atoms with Crippen molar-refractivity contribution in [3.63, 3.8) is 0 Å². The van der Waals surface area contributed by atoms with Crippen molar-refractivity contribution in [2.24, 2.45) is 0 Å². The fourth-order valence-corrected chi connectivity index (χ4v) is 3.36. The van der Waals surface area contributed by atoms with Crippen molar-refractivity contribution in [3.05, 3.63) is 71.5 Å². The van der Waals surface area contributed by atoms with Gasteiger partial charge in [-0.15, -0.1) is 0 Å². The summed E-state index contributed by atoms with van der Waals surface area (Å²) in [6.07, 6.45) is 0.324. The Bertz CT molecular complexity index is 1070. The number of methoxy groups -OCH3 is 2. The van der Waals surface area contributed by atoms with Crippen LogP contribution in [0.3, 0.4) is 0 Å². The number of hydrogen-bond acceptors (Lipinski definition) is 6. The molecule has 32 heavy (non-hydrogen) atoms. The molecule has 1 heterocycles. The number of benzene rings is 2. The number of furan rings is 1. The number of ether oxygens (including phenoxy) is 3. The van der Waals surface area contributed by atoms with Gasteiger partial charge in [0.05, 0.1) is 26.4 Å². The number of carbonyl (C=O) groups is 2. The highest BCUT2D eigenvalue weighted by atomic mass is 16.5. The van der Waals surface area contributed by atoms with Gasteiger partial charge in [-0.1, -0.05) is 30.3 Å². The maximum Gasteiger partial charge on any atom is 0.328 e. The van der Waals surface area contributed by atoms with Crippen LogP contribution in [0.5, 0.6) is 11.5 Å². The molecule has 0 saturated heterocycles. The van der Waals surface area contributed by atoms with Crippen molar-refractivity contribution in [2.45, 2.75) is 26.3 Å². The predicted octanol–water partition coefficient (Wildman–Crippen LogP) is 4.18. The monoisotopic (exact) mass is 437 g/mol. The van der Waals surface area contributed by atoms with Gasteiger partial charge in [0.1, 0.15) is 17.6 Å². The summed E-state index contributed by atoms with van der Waals surface area (Å²) in [5, 5.41) is 2.79. The van der Waals surface area contributed by atoms with Gasteiger partial charge < -0.3 is 23.9 Å². The maximum atomic E-state index is 13.0. The van der Waals surface area contributed by atoms with Crippen LogP contribution in [0.15, 0.2) is 59.0 Å². The van der Waals surface area contributed by atoms with Crippen LogP contribution < -0.4 is 14.8 Å². The van der Waals surface area contributed by atoms with Gasteiger partial charge in [0.25, 0.3) is 5.91 Å². The van der Waals surface area contributed by atoms with Crippen LogP contribution in [0, 0.1) is 6.92 Å². The second-order valence-corrected chi connectivity index (χ2v) is 7.12. The molecule has 0 saturated carbocycles. The molecule has 0 fully saturated rings. The second-order valence-electron chi connectivity index (χ2n) is 7.12. The lowest BCUT2D eigenvalue weighted by Gasteiger charge is -2.17. The third-order valence-corrected chi connectivity index (χ3v) is 4.99. The zero-order valence-electron chi connectivity index (χ0n) is 18.6. The first-order valence-corrected chi connectivity index (χ1v) is 10.3. The number of hydrogen-bond donors (Lipinski definition) is 1.